The van der Waals surface area contributed by atoms with Gasteiger partial charge < -0.3 is 0 Å². The van der Waals surface area contributed by atoms with Crippen LogP contribution in [0.1, 0.15) is 34.5 Å². The van der Waals surface area contributed by atoms with Gasteiger partial charge in [-0.2, -0.15) is 0 Å². The highest BCUT2D eigenvalue weighted by Gasteiger charge is 2.15. The molecular weight excluding hydrogens is 228 g/mol. The molecule has 1 heterocycles. The third kappa shape index (κ3) is 2.57. The maximum absolute atomic E-state index is 5.71. The van der Waals surface area contributed by atoms with Crippen molar-refractivity contribution >= 4 is 11.3 Å². The van der Waals surface area contributed by atoms with E-state index in [-0.39, 0.29) is 6.04 Å². The van der Waals surface area contributed by atoms with Crippen LogP contribution in [0.4, 0.5) is 0 Å². The third-order valence-electron chi connectivity index (χ3n) is 3.02. The molecule has 0 bridgehead atoms. The highest BCUT2D eigenvalue weighted by atomic mass is 32.1. The summed E-state index contributed by atoms with van der Waals surface area (Å²) >= 11 is 1.75. The molecule has 3 heteroatoms. The number of benzene rings is 1. The zero-order valence-electron chi connectivity index (χ0n) is 10.2. The normalized spacial score (nSPS) is 12.6. The van der Waals surface area contributed by atoms with Gasteiger partial charge in [-0.1, -0.05) is 31.2 Å². The smallest absolute Gasteiger partial charge is 0.0805 e. The van der Waals surface area contributed by atoms with Crippen LogP contribution in [0.25, 0.3) is 0 Å². The molecule has 2 aromatic rings. The lowest BCUT2D eigenvalue weighted by Gasteiger charge is -2.17. The summed E-state index contributed by atoms with van der Waals surface area (Å²) in [6.45, 7) is 4.29. The van der Waals surface area contributed by atoms with E-state index in [4.69, 9.17) is 5.84 Å². The van der Waals surface area contributed by atoms with Gasteiger partial charge in [0.25, 0.3) is 0 Å². The molecule has 0 aliphatic carbocycles. The third-order valence-corrected chi connectivity index (χ3v) is 4.11. The van der Waals surface area contributed by atoms with Crippen LogP contribution < -0.4 is 11.3 Å². The van der Waals surface area contributed by atoms with E-state index < -0.39 is 0 Å². The van der Waals surface area contributed by atoms with Gasteiger partial charge in [0.1, 0.15) is 0 Å². The molecule has 2 rings (SSSR count). The van der Waals surface area contributed by atoms with Crippen LogP contribution in [-0.2, 0) is 6.42 Å². The van der Waals surface area contributed by atoms with Crippen LogP contribution >= 0.6 is 11.3 Å². The quantitative estimate of drug-likeness (QED) is 0.642. The summed E-state index contributed by atoms with van der Waals surface area (Å²) in [5.41, 5.74) is 6.79. The fraction of sp³-hybridized carbons (Fsp3) is 0.286. The van der Waals surface area contributed by atoms with E-state index in [9.17, 15) is 0 Å². The summed E-state index contributed by atoms with van der Waals surface area (Å²) in [5.74, 6) is 5.71. The fourth-order valence-electron chi connectivity index (χ4n) is 2.00. The SMILES string of the molecule is CCc1cccc(C(NN)c2sccc2C)c1. The lowest BCUT2D eigenvalue weighted by Crippen LogP contribution is -2.28. The highest BCUT2D eigenvalue weighted by molar-refractivity contribution is 7.10. The number of hydrazine groups is 1. The van der Waals surface area contributed by atoms with E-state index in [0.717, 1.165) is 6.42 Å². The second-order valence-corrected chi connectivity index (χ2v) is 5.11. The van der Waals surface area contributed by atoms with Gasteiger partial charge in [0, 0.05) is 4.88 Å². The monoisotopic (exact) mass is 246 g/mol. The summed E-state index contributed by atoms with van der Waals surface area (Å²) in [5, 5.41) is 2.11. The van der Waals surface area contributed by atoms with Crippen molar-refractivity contribution in [3.63, 3.8) is 0 Å². The summed E-state index contributed by atoms with van der Waals surface area (Å²) in [4.78, 5) is 1.29. The van der Waals surface area contributed by atoms with Crippen molar-refractivity contribution < 1.29 is 0 Å². The van der Waals surface area contributed by atoms with Crippen molar-refractivity contribution in [2.45, 2.75) is 26.3 Å². The molecule has 0 amide bonds. The van der Waals surface area contributed by atoms with Crippen molar-refractivity contribution in [2.75, 3.05) is 0 Å². The molecule has 3 N–H and O–H groups in total. The standard InChI is InChI=1S/C14H18N2S/c1-3-11-5-4-6-12(9-11)13(16-15)14-10(2)7-8-17-14/h4-9,13,16H,3,15H2,1-2H3. The minimum atomic E-state index is 0.0986. The molecule has 0 aliphatic heterocycles. The number of hydrogen-bond donors (Lipinski definition) is 2. The Balaban J connectivity index is 2.38. The van der Waals surface area contributed by atoms with E-state index in [1.54, 1.807) is 11.3 Å². The second kappa shape index (κ2) is 5.45. The lowest BCUT2D eigenvalue weighted by atomic mass is 10.0. The topological polar surface area (TPSA) is 38.0 Å². The Kier molecular flexibility index (Phi) is 3.94. The van der Waals surface area contributed by atoms with Gasteiger partial charge in [0.15, 0.2) is 0 Å². The molecule has 1 aromatic carbocycles. The fourth-order valence-corrected chi connectivity index (χ4v) is 3.01. The van der Waals surface area contributed by atoms with Crippen molar-refractivity contribution in [1.29, 1.82) is 0 Å². The van der Waals surface area contributed by atoms with Crippen LogP contribution in [0.2, 0.25) is 0 Å². The molecule has 0 radical (unpaired) electrons. The number of rotatable bonds is 4. The zero-order chi connectivity index (χ0) is 12.3. The molecule has 90 valence electrons. The first-order chi connectivity index (χ1) is 8.26. The second-order valence-electron chi connectivity index (χ2n) is 4.17. The van der Waals surface area contributed by atoms with Crippen molar-refractivity contribution in [3.05, 3.63) is 57.3 Å². The Bertz CT molecular complexity index is 490. The molecule has 0 aliphatic rings. The van der Waals surface area contributed by atoms with E-state index >= 15 is 0 Å². The van der Waals surface area contributed by atoms with Gasteiger partial charge in [-0.05, 0) is 41.5 Å². The molecule has 2 nitrogen and oxygen atoms in total. The number of nitrogens with one attached hydrogen (secondary N) is 1. The van der Waals surface area contributed by atoms with Crippen LogP contribution in [0.3, 0.4) is 0 Å². The Morgan fingerprint density at radius 2 is 2.18 bits per heavy atom. The van der Waals surface area contributed by atoms with Crippen molar-refractivity contribution in [1.82, 2.24) is 5.43 Å². The maximum atomic E-state index is 5.71. The van der Waals surface area contributed by atoms with Crippen LogP contribution in [0.5, 0.6) is 0 Å². The lowest BCUT2D eigenvalue weighted by molar-refractivity contribution is 0.643. The number of thiophene rings is 1. The van der Waals surface area contributed by atoms with Gasteiger partial charge in [-0.15, -0.1) is 11.3 Å². The van der Waals surface area contributed by atoms with Crippen molar-refractivity contribution in [2.24, 2.45) is 5.84 Å². The van der Waals surface area contributed by atoms with Gasteiger partial charge >= 0.3 is 0 Å². The van der Waals surface area contributed by atoms with Gasteiger partial charge in [-0.3, -0.25) is 5.84 Å². The Labute approximate surface area is 106 Å². The number of hydrogen-bond acceptors (Lipinski definition) is 3. The summed E-state index contributed by atoms with van der Waals surface area (Å²) in [7, 11) is 0. The first-order valence-electron chi connectivity index (χ1n) is 5.85. The molecule has 1 unspecified atom stereocenters. The Hall–Kier alpha value is -1.16. The predicted molar refractivity (Wildman–Crippen MR) is 74.0 cm³/mol. The largest absolute Gasteiger partial charge is 0.271 e. The van der Waals surface area contributed by atoms with E-state index in [0.29, 0.717) is 0 Å². The molecule has 1 atom stereocenters. The average Bonchev–Trinajstić information content (AvgIpc) is 2.77. The molecule has 0 fully saturated rings. The molecule has 1 aromatic heterocycles. The zero-order valence-corrected chi connectivity index (χ0v) is 11.1. The molecule has 0 saturated heterocycles. The van der Waals surface area contributed by atoms with E-state index in [1.165, 1.54) is 21.6 Å². The summed E-state index contributed by atoms with van der Waals surface area (Å²) in [6.07, 6.45) is 1.05. The maximum Gasteiger partial charge on any atom is 0.0805 e. The molecule has 0 spiro atoms. The summed E-state index contributed by atoms with van der Waals surface area (Å²) < 4.78 is 0. The Morgan fingerprint density at radius 3 is 2.76 bits per heavy atom. The number of nitrogens with two attached hydrogens (primary N) is 1. The predicted octanol–water partition coefficient (Wildman–Crippen LogP) is 3.17. The van der Waals surface area contributed by atoms with Gasteiger partial charge in [0.2, 0.25) is 0 Å². The first kappa shape index (κ1) is 12.3. The highest BCUT2D eigenvalue weighted by Crippen LogP contribution is 2.29. The molecule has 0 saturated carbocycles. The van der Waals surface area contributed by atoms with Crippen LogP contribution in [0.15, 0.2) is 35.7 Å². The minimum absolute atomic E-state index is 0.0986. The van der Waals surface area contributed by atoms with Crippen LogP contribution in [-0.4, -0.2) is 0 Å². The average molecular weight is 246 g/mol. The molecule has 17 heavy (non-hydrogen) atoms. The first-order valence-corrected chi connectivity index (χ1v) is 6.73. The van der Waals surface area contributed by atoms with Gasteiger partial charge in [0.05, 0.1) is 6.04 Å². The van der Waals surface area contributed by atoms with Gasteiger partial charge in [-0.25, -0.2) is 5.43 Å². The van der Waals surface area contributed by atoms with E-state index in [1.807, 2.05) is 0 Å². The molecular formula is C14H18N2S. The van der Waals surface area contributed by atoms with Crippen LogP contribution in [0, 0.1) is 6.92 Å². The summed E-state index contributed by atoms with van der Waals surface area (Å²) in [6, 6.07) is 10.8. The van der Waals surface area contributed by atoms with Crippen molar-refractivity contribution in [3.8, 4) is 0 Å². The number of aryl methyl sites for hydroxylation is 2. The van der Waals surface area contributed by atoms with E-state index in [2.05, 4.69) is 55.0 Å². The minimum Gasteiger partial charge on any atom is -0.271 e. The Morgan fingerprint density at radius 1 is 1.35 bits per heavy atom.